The van der Waals surface area contributed by atoms with Crippen LogP contribution in [0.3, 0.4) is 0 Å². The Balaban J connectivity index is 1.30. The van der Waals surface area contributed by atoms with E-state index in [0.29, 0.717) is 16.9 Å². The summed E-state index contributed by atoms with van der Waals surface area (Å²) >= 11 is 0. The van der Waals surface area contributed by atoms with E-state index in [2.05, 4.69) is 15.6 Å². The average Bonchev–Trinajstić information content (AvgIpc) is 3.09. The van der Waals surface area contributed by atoms with Crippen molar-refractivity contribution >= 4 is 40.7 Å². The lowest BCUT2D eigenvalue weighted by atomic mass is 10.1. The fraction of sp³-hybridized carbons (Fsp3) is 0.125. The van der Waals surface area contributed by atoms with Gasteiger partial charge in [-0.3, -0.25) is 39.2 Å². The zero-order chi connectivity index (χ0) is 24.9. The van der Waals surface area contributed by atoms with Crippen LogP contribution in [0.5, 0.6) is 0 Å². The van der Waals surface area contributed by atoms with Gasteiger partial charge in [0.05, 0.1) is 21.6 Å². The molecular weight excluding hydrogens is 454 g/mol. The quantitative estimate of drug-likeness (QED) is 0.289. The molecule has 2 N–H and O–H groups in total. The molecular formula is C24H19N5O6. The van der Waals surface area contributed by atoms with Crippen molar-refractivity contribution in [1.29, 1.82) is 0 Å². The van der Waals surface area contributed by atoms with Gasteiger partial charge < -0.3 is 10.6 Å². The normalized spacial score (nSPS) is 12.3. The topological polar surface area (TPSA) is 152 Å². The zero-order valence-corrected chi connectivity index (χ0v) is 18.3. The van der Waals surface area contributed by atoms with Crippen LogP contribution in [0.4, 0.5) is 17.1 Å². The first-order valence-corrected chi connectivity index (χ1v) is 10.6. The number of nitrogens with one attached hydrogen (secondary N) is 2. The van der Waals surface area contributed by atoms with Crippen molar-refractivity contribution in [3.05, 3.63) is 93.8 Å². The van der Waals surface area contributed by atoms with Crippen LogP contribution in [-0.4, -0.2) is 45.0 Å². The van der Waals surface area contributed by atoms with Gasteiger partial charge in [0.2, 0.25) is 5.91 Å². The molecule has 1 aliphatic rings. The van der Waals surface area contributed by atoms with Crippen LogP contribution in [0.15, 0.2) is 67.0 Å². The molecule has 1 aromatic heterocycles. The standard InChI is InChI=1S/C24H19N5O6/c30-21(26-16-5-1-6-17(12-16)27-22(31)15-4-2-10-25-14-15)7-3-11-28-23(32)19-9-8-18(29(34)35)13-20(19)24(28)33/h1-2,4-6,8-10,12-14H,3,7,11H2,(H,26,30)(H,27,31). The third kappa shape index (κ3) is 5.19. The van der Waals surface area contributed by atoms with E-state index in [1.54, 1.807) is 42.6 Å². The second-order valence-corrected chi connectivity index (χ2v) is 7.68. The molecule has 0 saturated carbocycles. The van der Waals surface area contributed by atoms with Gasteiger partial charge in [0.1, 0.15) is 0 Å². The molecule has 11 heteroatoms. The van der Waals surface area contributed by atoms with Crippen LogP contribution >= 0.6 is 0 Å². The molecule has 0 radical (unpaired) electrons. The Morgan fingerprint density at radius 2 is 1.69 bits per heavy atom. The van der Waals surface area contributed by atoms with E-state index in [4.69, 9.17) is 0 Å². The van der Waals surface area contributed by atoms with Crippen molar-refractivity contribution in [3.8, 4) is 0 Å². The van der Waals surface area contributed by atoms with Crippen molar-refractivity contribution < 1.29 is 24.1 Å². The van der Waals surface area contributed by atoms with Crippen LogP contribution in [-0.2, 0) is 4.79 Å². The molecule has 4 rings (SSSR count). The molecule has 0 saturated heterocycles. The molecule has 11 nitrogen and oxygen atoms in total. The van der Waals surface area contributed by atoms with Crippen LogP contribution in [0.1, 0.15) is 43.9 Å². The summed E-state index contributed by atoms with van der Waals surface area (Å²) in [6.07, 6.45) is 3.24. The fourth-order valence-electron chi connectivity index (χ4n) is 3.59. The summed E-state index contributed by atoms with van der Waals surface area (Å²) < 4.78 is 0. The number of nitro groups is 1. The molecule has 3 aromatic rings. The number of rotatable bonds is 8. The number of carbonyl (C=O) groups excluding carboxylic acids is 4. The average molecular weight is 473 g/mol. The molecule has 176 valence electrons. The van der Waals surface area contributed by atoms with Gasteiger partial charge in [-0.25, -0.2) is 0 Å². The van der Waals surface area contributed by atoms with Crippen molar-refractivity contribution in [3.63, 3.8) is 0 Å². The molecule has 0 fully saturated rings. The molecule has 0 spiro atoms. The lowest BCUT2D eigenvalue weighted by molar-refractivity contribution is -0.384. The molecule has 0 aliphatic carbocycles. The summed E-state index contributed by atoms with van der Waals surface area (Å²) in [6.45, 7) is -0.00519. The molecule has 4 amide bonds. The minimum Gasteiger partial charge on any atom is -0.326 e. The van der Waals surface area contributed by atoms with Gasteiger partial charge >= 0.3 is 0 Å². The maximum atomic E-state index is 12.5. The molecule has 2 aromatic carbocycles. The van der Waals surface area contributed by atoms with Gasteiger partial charge in [0.15, 0.2) is 0 Å². The van der Waals surface area contributed by atoms with E-state index in [1.807, 2.05) is 0 Å². The Labute approximate surface area is 198 Å². The molecule has 35 heavy (non-hydrogen) atoms. The molecule has 2 heterocycles. The Morgan fingerprint density at radius 3 is 2.40 bits per heavy atom. The van der Waals surface area contributed by atoms with Crippen molar-refractivity contribution in [2.75, 3.05) is 17.2 Å². The maximum absolute atomic E-state index is 12.5. The van der Waals surface area contributed by atoms with E-state index in [-0.39, 0.29) is 48.0 Å². The predicted octanol–water partition coefficient (Wildman–Crippen LogP) is 3.26. The van der Waals surface area contributed by atoms with E-state index in [0.717, 1.165) is 11.0 Å². The number of anilines is 2. The highest BCUT2D eigenvalue weighted by atomic mass is 16.6. The number of imide groups is 1. The van der Waals surface area contributed by atoms with Crippen LogP contribution in [0.2, 0.25) is 0 Å². The summed E-state index contributed by atoms with van der Waals surface area (Å²) in [5.74, 6) is -1.84. The maximum Gasteiger partial charge on any atom is 0.270 e. The highest BCUT2D eigenvalue weighted by Gasteiger charge is 2.36. The van der Waals surface area contributed by atoms with E-state index in [9.17, 15) is 29.3 Å². The highest BCUT2D eigenvalue weighted by Crippen LogP contribution is 2.27. The number of non-ortho nitro benzene ring substituents is 1. The van der Waals surface area contributed by atoms with Crippen molar-refractivity contribution in [2.45, 2.75) is 12.8 Å². The van der Waals surface area contributed by atoms with Crippen LogP contribution in [0, 0.1) is 10.1 Å². The number of pyridine rings is 1. The molecule has 0 bridgehead atoms. The molecule has 0 unspecified atom stereocenters. The third-order valence-electron chi connectivity index (χ3n) is 5.28. The second-order valence-electron chi connectivity index (χ2n) is 7.68. The Hall–Kier alpha value is -4.93. The highest BCUT2D eigenvalue weighted by molar-refractivity contribution is 6.21. The van der Waals surface area contributed by atoms with Gasteiger partial charge in [0.25, 0.3) is 23.4 Å². The first-order chi connectivity index (χ1) is 16.8. The SMILES string of the molecule is O=C(CCCN1C(=O)c2ccc([N+](=O)[O-])cc2C1=O)Nc1cccc(NC(=O)c2cccnc2)c1. The number of benzene rings is 2. The summed E-state index contributed by atoms with van der Waals surface area (Å²) in [5.41, 5.74) is 1.16. The van der Waals surface area contributed by atoms with Crippen molar-refractivity contribution in [1.82, 2.24) is 9.88 Å². The van der Waals surface area contributed by atoms with E-state index < -0.39 is 16.7 Å². The minimum atomic E-state index is -0.635. The Morgan fingerprint density at radius 1 is 0.943 bits per heavy atom. The first-order valence-electron chi connectivity index (χ1n) is 10.6. The Kier molecular flexibility index (Phi) is 6.58. The van der Waals surface area contributed by atoms with Gasteiger partial charge in [-0.2, -0.15) is 0 Å². The number of carbonyl (C=O) groups is 4. The van der Waals surface area contributed by atoms with Gasteiger partial charge in [0, 0.05) is 48.9 Å². The third-order valence-corrected chi connectivity index (χ3v) is 5.28. The number of nitrogens with zero attached hydrogens (tertiary/aromatic N) is 3. The molecule has 1 aliphatic heterocycles. The first kappa shape index (κ1) is 23.2. The largest absolute Gasteiger partial charge is 0.326 e. The van der Waals surface area contributed by atoms with Crippen LogP contribution in [0.25, 0.3) is 0 Å². The predicted molar refractivity (Wildman–Crippen MR) is 125 cm³/mol. The monoisotopic (exact) mass is 473 g/mol. The fourth-order valence-corrected chi connectivity index (χ4v) is 3.59. The lowest BCUT2D eigenvalue weighted by Gasteiger charge is -2.13. The zero-order valence-electron chi connectivity index (χ0n) is 18.3. The Bertz CT molecular complexity index is 1340. The lowest BCUT2D eigenvalue weighted by Crippen LogP contribution is -2.31. The number of aromatic nitrogens is 1. The van der Waals surface area contributed by atoms with E-state index in [1.165, 1.54) is 18.3 Å². The number of fused-ring (bicyclic) bond motifs is 1. The smallest absolute Gasteiger partial charge is 0.270 e. The number of hydrogen-bond acceptors (Lipinski definition) is 7. The number of nitro benzene ring substituents is 1. The number of amides is 4. The van der Waals surface area contributed by atoms with Crippen LogP contribution < -0.4 is 10.6 Å². The van der Waals surface area contributed by atoms with Gasteiger partial charge in [-0.05, 0) is 42.8 Å². The molecule has 0 atom stereocenters. The summed E-state index contributed by atoms with van der Waals surface area (Å²) in [7, 11) is 0. The van der Waals surface area contributed by atoms with E-state index >= 15 is 0 Å². The number of hydrogen-bond donors (Lipinski definition) is 2. The summed E-state index contributed by atoms with van der Waals surface area (Å²) in [4.78, 5) is 64.8. The van der Waals surface area contributed by atoms with Gasteiger partial charge in [-0.1, -0.05) is 6.07 Å². The van der Waals surface area contributed by atoms with Crippen molar-refractivity contribution in [2.24, 2.45) is 0 Å². The van der Waals surface area contributed by atoms with Gasteiger partial charge in [-0.15, -0.1) is 0 Å². The minimum absolute atomic E-state index is 0.00519. The summed E-state index contributed by atoms with van der Waals surface area (Å²) in [6, 6.07) is 13.4. The summed E-state index contributed by atoms with van der Waals surface area (Å²) in [5, 5.41) is 16.4. The second kappa shape index (κ2) is 9.91.